The highest BCUT2D eigenvalue weighted by Crippen LogP contribution is 2.26. The molecular weight excluding hydrogens is 290 g/mol. The van der Waals surface area contributed by atoms with Crippen LogP contribution in [0.15, 0.2) is 66.9 Å². The number of nitrogens with zero attached hydrogens (tertiary/aromatic N) is 2. The predicted octanol–water partition coefficient (Wildman–Crippen LogP) is 3.10. The second-order valence-corrected chi connectivity index (χ2v) is 5.05. The normalized spacial score (nSPS) is 10.3. The Morgan fingerprint density at radius 1 is 1.09 bits per heavy atom. The lowest BCUT2D eigenvalue weighted by Gasteiger charge is -2.09. The topological polar surface area (TPSA) is 56.2 Å². The highest BCUT2D eigenvalue weighted by molar-refractivity contribution is 5.95. The van der Waals surface area contributed by atoms with Gasteiger partial charge in [-0.1, -0.05) is 48.5 Å². The zero-order valence-electron chi connectivity index (χ0n) is 12.8. The maximum atomic E-state index is 12.1. The van der Waals surface area contributed by atoms with E-state index >= 15 is 0 Å². The summed E-state index contributed by atoms with van der Waals surface area (Å²) in [4.78, 5) is 12.1. The number of hydrogen-bond acceptors (Lipinski definition) is 3. The lowest BCUT2D eigenvalue weighted by Crippen LogP contribution is -2.20. The van der Waals surface area contributed by atoms with E-state index in [1.807, 2.05) is 67.7 Å². The Bertz CT molecular complexity index is 783. The molecular formula is C18H17N3O2. The number of aryl methyl sites for hydroxylation is 1. The Labute approximate surface area is 134 Å². The average molecular weight is 307 g/mol. The number of rotatable bonds is 5. The Morgan fingerprint density at radius 2 is 1.74 bits per heavy atom. The molecule has 5 heteroatoms. The van der Waals surface area contributed by atoms with Crippen molar-refractivity contribution >= 4 is 11.6 Å². The first-order chi connectivity index (χ1) is 11.2. The Balaban J connectivity index is 1.70. The van der Waals surface area contributed by atoms with Crippen molar-refractivity contribution in [1.29, 1.82) is 0 Å². The van der Waals surface area contributed by atoms with E-state index in [0.29, 0.717) is 11.4 Å². The van der Waals surface area contributed by atoms with Gasteiger partial charge >= 0.3 is 0 Å². The zero-order chi connectivity index (χ0) is 16.1. The summed E-state index contributed by atoms with van der Waals surface area (Å²) in [5.74, 6) is 0.441. The van der Waals surface area contributed by atoms with E-state index in [9.17, 15) is 4.79 Å². The Kier molecular flexibility index (Phi) is 4.38. The summed E-state index contributed by atoms with van der Waals surface area (Å²) < 4.78 is 7.19. The molecule has 0 aliphatic heterocycles. The summed E-state index contributed by atoms with van der Waals surface area (Å²) in [5, 5.41) is 7.08. The second kappa shape index (κ2) is 6.79. The fourth-order valence-electron chi connectivity index (χ4n) is 2.32. The average Bonchev–Trinajstić information content (AvgIpc) is 2.95. The first-order valence-corrected chi connectivity index (χ1v) is 7.29. The van der Waals surface area contributed by atoms with Crippen molar-refractivity contribution in [3.8, 4) is 17.0 Å². The number of anilines is 1. The van der Waals surface area contributed by atoms with E-state index in [4.69, 9.17) is 4.74 Å². The van der Waals surface area contributed by atoms with E-state index in [1.165, 1.54) is 0 Å². The van der Waals surface area contributed by atoms with Crippen LogP contribution in [0.2, 0.25) is 0 Å². The number of hydrogen-bond donors (Lipinski definition) is 1. The smallest absolute Gasteiger partial charge is 0.262 e. The van der Waals surface area contributed by atoms with Crippen molar-refractivity contribution in [2.75, 3.05) is 11.9 Å². The van der Waals surface area contributed by atoms with E-state index in [1.54, 1.807) is 10.9 Å². The minimum absolute atomic E-state index is 0.0485. The standard InChI is InChI=1S/C18H17N3O2/c1-21-18(14-8-4-2-5-9-14)16(12-19-21)20-17(22)13-23-15-10-6-3-7-11-15/h2-12H,13H2,1H3,(H,20,22). The van der Waals surface area contributed by atoms with Gasteiger partial charge in [-0.25, -0.2) is 0 Å². The lowest BCUT2D eigenvalue weighted by atomic mass is 10.1. The van der Waals surface area contributed by atoms with Crippen LogP contribution in [-0.2, 0) is 11.8 Å². The molecule has 0 aliphatic rings. The molecule has 0 spiro atoms. The molecule has 1 N–H and O–H groups in total. The molecule has 2 aromatic carbocycles. The molecule has 1 aromatic heterocycles. The first-order valence-electron chi connectivity index (χ1n) is 7.29. The predicted molar refractivity (Wildman–Crippen MR) is 89.2 cm³/mol. The van der Waals surface area contributed by atoms with Gasteiger partial charge in [0.25, 0.3) is 5.91 Å². The van der Waals surface area contributed by atoms with Gasteiger partial charge < -0.3 is 10.1 Å². The van der Waals surface area contributed by atoms with Crippen molar-refractivity contribution < 1.29 is 9.53 Å². The van der Waals surface area contributed by atoms with Crippen molar-refractivity contribution in [2.45, 2.75) is 0 Å². The number of para-hydroxylation sites is 1. The van der Waals surface area contributed by atoms with E-state index in [0.717, 1.165) is 11.3 Å². The SMILES string of the molecule is Cn1ncc(NC(=O)COc2ccccc2)c1-c1ccccc1. The molecule has 0 bridgehead atoms. The van der Waals surface area contributed by atoms with E-state index in [2.05, 4.69) is 10.4 Å². The quantitative estimate of drug-likeness (QED) is 0.788. The van der Waals surface area contributed by atoms with Crippen molar-refractivity contribution in [3.05, 3.63) is 66.9 Å². The minimum Gasteiger partial charge on any atom is -0.484 e. The van der Waals surface area contributed by atoms with Crippen LogP contribution < -0.4 is 10.1 Å². The number of ether oxygens (including phenoxy) is 1. The number of aromatic nitrogens is 2. The fraction of sp³-hybridized carbons (Fsp3) is 0.111. The van der Waals surface area contributed by atoms with Crippen LogP contribution in [-0.4, -0.2) is 22.3 Å². The van der Waals surface area contributed by atoms with Gasteiger partial charge in [-0.2, -0.15) is 5.10 Å². The molecule has 1 heterocycles. The number of carbonyl (C=O) groups excluding carboxylic acids is 1. The molecule has 5 nitrogen and oxygen atoms in total. The molecule has 0 radical (unpaired) electrons. The van der Waals surface area contributed by atoms with Gasteiger partial charge in [-0.15, -0.1) is 0 Å². The summed E-state index contributed by atoms with van der Waals surface area (Å²) >= 11 is 0. The number of nitrogens with one attached hydrogen (secondary N) is 1. The van der Waals surface area contributed by atoms with Gasteiger partial charge in [0.15, 0.2) is 6.61 Å². The van der Waals surface area contributed by atoms with Gasteiger partial charge in [0.2, 0.25) is 0 Å². The minimum atomic E-state index is -0.223. The molecule has 0 unspecified atom stereocenters. The van der Waals surface area contributed by atoms with Crippen LogP contribution in [0.1, 0.15) is 0 Å². The summed E-state index contributed by atoms with van der Waals surface area (Å²) in [6.07, 6.45) is 1.64. The third-order valence-corrected chi connectivity index (χ3v) is 3.37. The third-order valence-electron chi connectivity index (χ3n) is 3.37. The third kappa shape index (κ3) is 3.58. The van der Waals surface area contributed by atoms with Crippen LogP contribution in [0.5, 0.6) is 5.75 Å². The van der Waals surface area contributed by atoms with Crippen LogP contribution in [0.3, 0.4) is 0 Å². The van der Waals surface area contributed by atoms with Gasteiger partial charge in [0, 0.05) is 12.6 Å². The highest BCUT2D eigenvalue weighted by atomic mass is 16.5. The van der Waals surface area contributed by atoms with E-state index in [-0.39, 0.29) is 12.5 Å². The van der Waals surface area contributed by atoms with E-state index < -0.39 is 0 Å². The van der Waals surface area contributed by atoms with Crippen LogP contribution >= 0.6 is 0 Å². The molecule has 0 atom stereocenters. The van der Waals surface area contributed by atoms with Gasteiger partial charge in [0.05, 0.1) is 17.6 Å². The zero-order valence-corrected chi connectivity index (χ0v) is 12.8. The monoisotopic (exact) mass is 307 g/mol. The van der Waals surface area contributed by atoms with Gasteiger partial charge in [0.1, 0.15) is 5.75 Å². The van der Waals surface area contributed by atoms with Crippen LogP contribution in [0, 0.1) is 0 Å². The van der Waals surface area contributed by atoms with Crippen LogP contribution in [0.25, 0.3) is 11.3 Å². The summed E-state index contributed by atoms with van der Waals surface area (Å²) in [7, 11) is 1.85. The second-order valence-electron chi connectivity index (χ2n) is 5.05. The molecule has 116 valence electrons. The molecule has 0 aliphatic carbocycles. The highest BCUT2D eigenvalue weighted by Gasteiger charge is 2.13. The number of amides is 1. The van der Waals surface area contributed by atoms with Crippen molar-refractivity contribution in [3.63, 3.8) is 0 Å². The largest absolute Gasteiger partial charge is 0.484 e. The summed E-state index contributed by atoms with van der Waals surface area (Å²) in [6, 6.07) is 19.1. The van der Waals surface area contributed by atoms with Crippen LogP contribution in [0.4, 0.5) is 5.69 Å². The maximum Gasteiger partial charge on any atom is 0.262 e. The first kappa shape index (κ1) is 14.8. The fourth-order valence-corrected chi connectivity index (χ4v) is 2.32. The number of benzene rings is 2. The molecule has 3 rings (SSSR count). The number of carbonyl (C=O) groups is 1. The summed E-state index contributed by atoms with van der Waals surface area (Å²) in [5.41, 5.74) is 2.52. The molecule has 0 saturated carbocycles. The van der Waals surface area contributed by atoms with Gasteiger partial charge in [-0.05, 0) is 12.1 Å². The van der Waals surface area contributed by atoms with Crippen molar-refractivity contribution in [1.82, 2.24) is 9.78 Å². The Hall–Kier alpha value is -3.08. The van der Waals surface area contributed by atoms with Crippen molar-refractivity contribution in [2.24, 2.45) is 7.05 Å². The summed E-state index contributed by atoms with van der Waals surface area (Å²) in [6.45, 7) is -0.0485. The molecule has 23 heavy (non-hydrogen) atoms. The molecule has 1 amide bonds. The van der Waals surface area contributed by atoms with Gasteiger partial charge in [-0.3, -0.25) is 9.48 Å². The molecule has 3 aromatic rings. The molecule has 0 fully saturated rings. The Morgan fingerprint density at radius 3 is 2.43 bits per heavy atom. The lowest BCUT2D eigenvalue weighted by molar-refractivity contribution is -0.118. The maximum absolute atomic E-state index is 12.1. The molecule has 0 saturated heterocycles.